The zero-order chi connectivity index (χ0) is 34.0. The number of fused-ring (bicyclic) bond motifs is 1. The number of sulfonamides is 1. The average molecular weight is 701 g/mol. The first-order valence-electron chi connectivity index (χ1n) is 15.8. The molecule has 49 heavy (non-hydrogen) atoms. The smallest absolute Gasteiger partial charge is 0.268 e. The summed E-state index contributed by atoms with van der Waals surface area (Å²) < 4.78 is 50.6. The largest absolute Gasteiger partial charge is 0.379 e. The van der Waals surface area contributed by atoms with Gasteiger partial charge in [-0.05, 0) is 42.8 Å². The molecule has 2 N–H and O–H groups in total. The fourth-order valence-corrected chi connectivity index (χ4v) is 8.55. The summed E-state index contributed by atoms with van der Waals surface area (Å²) in [5, 5.41) is 6.83. The quantitative estimate of drug-likeness (QED) is 0.244. The molecular weight excluding hydrogens is 668 g/mol. The molecule has 2 saturated heterocycles. The van der Waals surface area contributed by atoms with Gasteiger partial charge in [0.25, 0.3) is 15.6 Å². The summed E-state index contributed by atoms with van der Waals surface area (Å²) >= 11 is 0.999. The van der Waals surface area contributed by atoms with Crippen molar-refractivity contribution in [1.82, 2.24) is 29.1 Å². The highest BCUT2D eigenvalue weighted by Crippen LogP contribution is 2.28. The number of halogens is 1. The van der Waals surface area contributed by atoms with Crippen LogP contribution >= 0.6 is 11.3 Å². The number of aryl methyl sites for hydroxylation is 1. The van der Waals surface area contributed by atoms with Crippen LogP contribution < -0.4 is 21.1 Å². The number of benzene rings is 2. The molecular formula is C34H33FN8O4S2. The van der Waals surface area contributed by atoms with Crippen LogP contribution in [0.5, 0.6) is 0 Å². The Balaban J connectivity index is 1.28. The van der Waals surface area contributed by atoms with Gasteiger partial charge in [-0.15, -0.1) is 11.3 Å². The predicted octanol–water partition coefficient (Wildman–Crippen LogP) is 3.32. The lowest BCUT2D eigenvalue weighted by Gasteiger charge is -2.29. The molecule has 2 aliphatic rings. The number of ether oxygens (including phenoxy) is 1. The molecule has 0 saturated carbocycles. The van der Waals surface area contributed by atoms with Gasteiger partial charge in [0.05, 0.1) is 42.2 Å². The van der Waals surface area contributed by atoms with Crippen molar-refractivity contribution in [2.45, 2.75) is 17.7 Å². The Morgan fingerprint density at radius 3 is 2.57 bits per heavy atom. The van der Waals surface area contributed by atoms with Gasteiger partial charge in [-0.2, -0.15) is 9.29 Å². The molecule has 7 rings (SSSR count). The van der Waals surface area contributed by atoms with Crippen molar-refractivity contribution in [1.29, 1.82) is 0 Å². The number of rotatable bonds is 7. The Morgan fingerprint density at radius 1 is 1.02 bits per heavy atom. The van der Waals surface area contributed by atoms with Gasteiger partial charge in [-0.3, -0.25) is 9.36 Å². The molecule has 12 nitrogen and oxygen atoms in total. The highest BCUT2D eigenvalue weighted by atomic mass is 32.2. The minimum absolute atomic E-state index is 0.0540. The molecule has 2 aliphatic heterocycles. The predicted molar refractivity (Wildman–Crippen MR) is 187 cm³/mol. The normalized spacial score (nSPS) is 15.6. The number of hydrogen-bond donors (Lipinski definition) is 2. The Kier molecular flexibility index (Phi) is 9.39. The molecule has 2 aromatic carbocycles. The fraction of sp³-hybridized carbons (Fsp3) is 0.294. The molecule has 5 aromatic rings. The Bertz CT molecular complexity index is 2250. The molecule has 0 spiro atoms. The van der Waals surface area contributed by atoms with Crippen molar-refractivity contribution < 1.29 is 17.5 Å². The molecule has 0 radical (unpaired) electrons. The van der Waals surface area contributed by atoms with Crippen LogP contribution in [0.3, 0.4) is 0 Å². The first kappa shape index (κ1) is 32.8. The van der Waals surface area contributed by atoms with Crippen molar-refractivity contribution in [2.75, 3.05) is 62.7 Å². The lowest BCUT2D eigenvalue weighted by atomic mass is 10.1. The van der Waals surface area contributed by atoms with E-state index in [-0.39, 0.29) is 52.5 Å². The standard InChI is InChI=1S/C34H33FN8O4S2/c1-23-4-2-3-5-24(23)6-7-25-18-26-20-37-34(39-27-8-9-30(28(35)19-27)41-12-10-36-11-13-41)40-31(26)43(32(25)44)21-29-33(48-22-38-29)49(45,46)42-14-16-47-17-15-42/h2-5,8-9,18-20,22,36H,10-17,21H2,1H3,(H,37,39,40). The molecule has 3 aromatic heterocycles. The molecule has 252 valence electrons. The van der Waals surface area contributed by atoms with Crippen molar-refractivity contribution in [3.05, 3.63) is 98.8 Å². The Labute approximate surface area is 286 Å². The third-order valence-electron chi connectivity index (χ3n) is 8.42. The van der Waals surface area contributed by atoms with Crippen LogP contribution in [0.4, 0.5) is 21.7 Å². The Hall–Kier alpha value is -4.72. The molecule has 15 heteroatoms. The van der Waals surface area contributed by atoms with Gasteiger partial charge in [0, 0.05) is 62.1 Å². The van der Waals surface area contributed by atoms with E-state index in [2.05, 4.69) is 37.4 Å². The number of nitrogens with one attached hydrogen (secondary N) is 2. The SMILES string of the molecule is Cc1ccccc1C#Cc1cc2cnc(Nc3ccc(N4CCNCC4)c(F)c3)nc2n(Cc2ncsc2S(=O)(=O)N2CCOCC2)c1=O. The van der Waals surface area contributed by atoms with Crippen LogP contribution in [0.1, 0.15) is 22.4 Å². The highest BCUT2D eigenvalue weighted by molar-refractivity contribution is 7.91. The first-order valence-corrected chi connectivity index (χ1v) is 18.1. The molecule has 0 atom stereocenters. The van der Waals surface area contributed by atoms with E-state index in [4.69, 9.17) is 4.74 Å². The minimum atomic E-state index is -3.88. The van der Waals surface area contributed by atoms with Gasteiger partial charge < -0.3 is 20.3 Å². The van der Waals surface area contributed by atoms with Crippen molar-refractivity contribution in [3.63, 3.8) is 0 Å². The number of hydrogen-bond acceptors (Lipinski definition) is 11. The number of piperazine rings is 1. The maximum atomic E-state index is 15.2. The second kappa shape index (κ2) is 14.0. The lowest BCUT2D eigenvalue weighted by molar-refractivity contribution is 0.0731. The molecule has 0 bridgehead atoms. The number of thiazole rings is 1. The van der Waals surface area contributed by atoms with Crippen LogP contribution in [-0.4, -0.2) is 84.7 Å². The zero-order valence-electron chi connectivity index (χ0n) is 26.6. The van der Waals surface area contributed by atoms with Gasteiger partial charge in [0.15, 0.2) is 4.21 Å². The molecule has 2 fully saturated rings. The number of nitrogens with zero attached hydrogens (tertiary/aromatic N) is 6. The number of morpholine rings is 1. The van der Waals surface area contributed by atoms with Crippen LogP contribution in [-0.2, 0) is 21.3 Å². The Morgan fingerprint density at radius 2 is 1.80 bits per heavy atom. The van der Waals surface area contributed by atoms with Crippen molar-refractivity contribution in [3.8, 4) is 11.8 Å². The molecule has 5 heterocycles. The maximum absolute atomic E-state index is 15.2. The zero-order valence-corrected chi connectivity index (χ0v) is 28.3. The summed E-state index contributed by atoms with van der Waals surface area (Å²) in [5.41, 5.74) is 4.33. The monoisotopic (exact) mass is 700 g/mol. The second-order valence-electron chi connectivity index (χ2n) is 11.6. The summed E-state index contributed by atoms with van der Waals surface area (Å²) in [4.78, 5) is 29.6. The third kappa shape index (κ3) is 6.91. The van der Waals surface area contributed by atoms with E-state index < -0.39 is 15.6 Å². The maximum Gasteiger partial charge on any atom is 0.268 e. The van der Waals surface area contributed by atoms with Gasteiger partial charge in [0.1, 0.15) is 11.5 Å². The molecule has 0 aliphatic carbocycles. The number of anilines is 3. The van der Waals surface area contributed by atoms with Crippen molar-refractivity contribution >= 4 is 49.7 Å². The van der Waals surface area contributed by atoms with Crippen LogP contribution in [0.15, 0.2) is 69.2 Å². The van der Waals surface area contributed by atoms with Crippen LogP contribution in [0.25, 0.3) is 11.0 Å². The number of aromatic nitrogens is 4. The third-order valence-corrected chi connectivity index (χ3v) is 11.8. The van der Waals surface area contributed by atoms with Crippen LogP contribution in [0, 0.1) is 24.6 Å². The summed E-state index contributed by atoms with van der Waals surface area (Å²) in [7, 11) is -3.88. The second-order valence-corrected chi connectivity index (χ2v) is 14.6. The minimum Gasteiger partial charge on any atom is -0.379 e. The van der Waals surface area contributed by atoms with E-state index in [9.17, 15) is 13.2 Å². The van der Waals surface area contributed by atoms with E-state index in [0.717, 1.165) is 35.6 Å². The summed E-state index contributed by atoms with van der Waals surface area (Å²) in [6.45, 7) is 5.80. The summed E-state index contributed by atoms with van der Waals surface area (Å²) in [6, 6.07) is 14.1. The van der Waals surface area contributed by atoms with Crippen LogP contribution in [0.2, 0.25) is 0 Å². The van der Waals surface area contributed by atoms with E-state index in [0.29, 0.717) is 43.1 Å². The summed E-state index contributed by atoms with van der Waals surface area (Å²) in [5.74, 6) is 5.86. The van der Waals surface area contributed by atoms with Crippen molar-refractivity contribution in [2.24, 2.45) is 0 Å². The average Bonchev–Trinajstić information content (AvgIpc) is 3.60. The van der Waals surface area contributed by atoms with E-state index in [1.54, 1.807) is 24.4 Å². The molecule has 0 unspecified atom stereocenters. The van der Waals surface area contributed by atoms with Gasteiger partial charge in [0.2, 0.25) is 5.95 Å². The highest BCUT2D eigenvalue weighted by Gasteiger charge is 2.31. The topological polar surface area (TPSA) is 135 Å². The first-order chi connectivity index (χ1) is 23.8. The fourth-order valence-electron chi connectivity index (χ4n) is 5.81. The van der Waals surface area contributed by atoms with Gasteiger partial charge >= 0.3 is 0 Å². The lowest BCUT2D eigenvalue weighted by Crippen LogP contribution is -2.43. The van der Waals surface area contributed by atoms with E-state index >= 15 is 4.39 Å². The van der Waals surface area contributed by atoms with Gasteiger partial charge in [-0.1, -0.05) is 30.0 Å². The van der Waals surface area contributed by atoms with E-state index in [1.807, 2.05) is 36.1 Å². The number of pyridine rings is 1. The van der Waals surface area contributed by atoms with Gasteiger partial charge in [-0.25, -0.2) is 22.8 Å². The molecule has 0 amide bonds. The van der Waals surface area contributed by atoms with E-state index in [1.165, 1.54) is 20.4 Å². The summed E-state index contributed by atoms with van der Waals surface area (Å²) in [6.07, 6.45) is 1.55.